The maximum absolute atomic E-state index is 12.5. The van der Waals surface area contributed by atoms with Gasteiger partial charge in [-0.2, -0.15) is 0 Å². The van der Waals surface area contributed by atoms with Gasteiger partial charge in [0.25, 0.3) is 0 Å². The van der Waals surface area contributed by atoms with Crippen LogP contribution in [-0.2, 0) is 9.59 Å². The van der Waals surface area contributed by atoms with Crippen molar-refractivity contribution in [2.45, 2.75) is 26.7 Å². The van der Waals surface area contributed by atoms with Crippen molar-refractivity contribution in [1.82, 2.24) is 4.90 Å². The quantitative estimate of drug-likeness (QED) is 0.905. The lowest BCUT2D eigenvalue weighted by molar-refractivity contribution is -0.132. The summed E-state index contributed by atoms with van der Waals surface area (Å²) in [6, 6.07) is 15.2. The van der Waals surface area contributed by atoms with E-state index in [1.807, 2.05) is 55.5 Å². The van der Waals surface area contributed by atoms with Gasteiger partial charge >= 0.3 is 0 Å². The number of piperidine rings is 1. The van der Waals surface area contributed by atoms with Crippen LogP contribution < -0.4 is 10.1 Å². The van der Waals surface area contributed by atoms with Gasteiger partial charge in [-0.05, 0) is 56.2 Å². The van der Waals surface area contributed by atoms with E-state index in [1.54, 1.807) is 11.8 Å². The Labute approximate surface area is 154 Å². The molecule has 136 valence electrons. The molecule has 1 aliphatic rings. The average Bonchev–Trinajstić information content (AvgIpc) is 2.65. The molecule has 5 heteroatoms. The first-order chi connectivity index (χ1) is 12.5. The Morgan fingerprint density at radius 3 is 2.27 bits per heavy atom. The highest BCUT2D eigenvalue weighted by Gasteiger charge is 2.26. The number of anilines is 1. The van der Waals surface area contributed by atoms with Crippen molar-refractivity contribution in [3.8, 4) is 11.5 Å². The molecule has 2 aromatic carbocycles. The minimum absolute atomic E-state index is 0.0279. The third-order valence-electron chi connectivity index (χ3n) is 4.62. The molecule has 0 radical (unpaired) electrons. The standard InChI is InChI=1S/C21H24N2O3/c1-15-5-9-19(10-6-15)26-20-11-7-18(8-12-20)22-21(25)17-4-3-13-23(14-17)16(2)24/h5-12,17H,3-4,13-14H2,1-2H3,(H,22,25)/t17-/m1/s1. The van der Waals surface area contributed by atoms with E-state index in [-0.39, 0.29) is 17.7 Å². The molecule has 0 aliphatic carbocycles. The number of nitrogens with zero attached hydrogens (tertiary/aromatic N) is 1. The Hall–Kier alpha value is -2.82. The van der Waals surface area contributed by atoms with Crippen LogP contribution in [0.5, 0.6) is 11.5 Å². The number of rotatable bonds is 4. The Bertz CT molecular complexity index is 769. The summed E-state index contributed by atoms with van der Waals surface area (Å²) in [5, 5.41) is 2.94. The van der Waals surface area contributed by atoms with Crippen molar-refractivity contribution in [2.24, 2.45) is 5.92 Å². The van der Waals surface area contributed by atoms with Gasteiger partial charge in [0.2, 0.25) is 11.8 Å². The number of carbonyl (C=O) groups is 2. The number of nitrogens with one attached hydrogen (secondary N) is 1. The zero-order valence-corrected chi connectivity index (χ0v) is 15.2. The van der Waals surface area contributed by atoms with Crippen molar-refractivity contribution in [2.75, 3.05) is 18.4 Å². The summed E-state index contributed by atoms with van der Waals surface area (Å²) in [5.74, 6) is 1.32. The molecule has 5 nitrogen and oxygen atoms in total. The second-order valence-corrected chi connectivity index (χ2v) is 6.73. The minimum Gasteiger partial charge on any atom is -0.457 e. The number of amides is 2. The lowest BCUT2D eigenvalue weighted by Gasteiger charge is -2.31. The summed E-state index contributed by atoms with van der Waals surface area (Å²) in [5.41, 5.74) is 1.91. The van der Waals surface area contributed by atoms with Crippen LogP contribution in [-0.4, -0.2) is 29.8 Å². The van der Waals surface area contributed by atoms with Crippen molar-refractivity contribution < 1.29 is 14.3 Å². The molecule has 1 aliphatic heterocycles. The molecule has 0 unspecified atom stereocenters. The molecule has 1 heterocycles. The number of ether oxygens (including phenoxy) is 1. The molecule has 26 heavy (non-hydrogen) atoms. The topological polar surface area (TPSA) is 58.6 Å². The van der Waals surface area contributed by atoms with Gasteiger partial charge in [0.05, 0.1) is 5.92 Å². The van der Waals surface area contributed by atoms with E-state index in [0.29, 0.717) is 12.3 Å². The fourth-order valence-electron chi connectivity index (χ4n) is 3.07. The molecule has 0 spiro atoms. The first kappa shape index (κ1) is 18.0. The average molecular weight is 352 g/mol. The molecule has 3 rings (SSSR count). The van der Waals surface area contributed by atoms with Crippen LogP contribution in [0.25, 0.3) is 0 Å². The Kier molecular flexibility index (Phi) is 5.56. The van der Waals surface area contributed by atoms with Crippen molar-refractivity contribution >= 4 is 17.5 Å². The first-order valence-electron chi connectivity index (χ1n) is 8.92. The van der Waals surface area contributed by atoms with E-state index in [9.17, 15) is 9.59 Å². The summed E-state index contributed by atoms with van der Waals surface area (Å²) in [6.45, 7) is 4.82. The first-order valence-corrected chi connectivity index (χ1v) is 8.92. The molecular formula is C21H24N2O3. The van der Waals surface area contributed by atoms with Crippen LogP contribution in [0.2, 0.25) is 0 Å². The lowest BCUT2D eigenvalue weighted by Crippen LogP contribution is -2.42. The maximum Gasteiger partial charge on any atom is 0.229 e. The number of aryl methyl sites for hydroxylation is 1. The van der Waals surface area contributed by atoms with Crippen LogP contribution in [0.15, 0.2) is 48.5 Å². The van der Waals surface area contributed by atoms with Gasteiger partial charge in [0, 0.05) is 25.7 Å². The van der Waals surface area contributed by atoms with Gasteiger partial charge < -0.3 is 15.0 Å². The minimum atomic E-state index is -0.156. The third kappa shape index (κ3) is 4.63. The largest absolute Gasteiger partial charge is 0.457 e. The number of hydrogen-bond acceptors (Lipinski definition) is 3. The zero-order chi connectivity index (χ0) is 18.5. The van der Waals surface area contributed by atoms with Crippen LogP contribution >= 0.6 is 0 Å². The molecule has 1 saturated heterocycles. The highest BCUT2D eigenvalue weighted by molar-refractivity contribution is 5.93. The van der Waals surface area contributed by atoms with Gasteiger partial charge in [-0.15, -0.1) is 0 Å². The summed E-state index contributed by atoms with van der Waals surface area (Å²) < 4.78 is 5.79. The molecule has 1 fully saturated rings. The molecule has 1 atom stereocenters. The molecule has 2 amide bonds. The number of carbonyl (C=O) groups excluding carboxylic acids is 2. The van der Waals surface area contributed by atoms with Crippen LogP contribution in [0, 0.1) is 12.8 Å². The molecule has 2 aromatic rings. The number of likely N-dealkylation sites (tertiary alicyclic amines) is 1. The molecular weight excluding hydrogens is 328 g/mol. The van der Waals surface area contributed by atoms with E-state index in [2.05, 4.69) is 5.32 Å². The summed E-state index contributed by atoms with van der Waals surface area (Å²) in [4.78, 5) is 25.7. The van der Waals surface area contributed by atoms with Gasteiger partial charge in [-0.3, -0.25) is 9.59 Å². The molecule has 0 aromatic heterocycles. The van der Waals surface area contributed by atoms with E-state index in [1.165, 1.54) is 5.56 Å². The predicted molar refractivity (Wildman–Crippen MR) is 101 cm³/mol. The third-order valence-corrected chi connectivity index (χ3v) is 4.62. The fraction of sp³-hybridized carbons (Fsp3) is 0.333. The van der Waals surface area contributed by atoms with E-state index in [4.69, 9.17) is 4.74 Å². The Morgan fingerprint density at radius 2 is 1.65 bits per heavy atom. The highest BCUT2D eigenvalue weighted by Crippen LogP contribution is 2.24. The molecule has 0 saturated carbocycles. The van der Waals surface area contributed by atoms with Crippen LogP contribution in [0.1, 0.15) is 25.3 Å². The monoisotopic (exact) mass is 352 g/mol. The van der Waals surface area contributed by atoms with E-state index in [0.717, 1.165) is 30.8 Å². The Balaban J connectivity index is 1.57. The Morgan fingerprint density at radius 1 is 1.04 bits per heavy atom. The second kappa shape index (κ2) is 8.04. The number of benzene rings is 2. The summed E-state index contributed by atoms with van der Waals surface area (Å²) in [6.07, 6.45) is 1.67. The summed E-state index contributed by atoms with van der Waals surface area (Å²) in [7, 11) is 0. The van der Waals surface area contributed by atoms with Crippen LogP contribution in [0.3, 0.4) is 0 Å². The SMILES string of the molecule is CC(=O)N1CCC[C@@H](C(=O)Nc2ccc(Oc3ccc(C)cc3)cc2)C1. The zero-order valence-electron chi connectivity index (χ0n) is 15.2. The van der Waals surface area contributed by atoms with Crippen molar-refractivity contribution in [1.29, 1.82) is 0 Å². The highest BCUT2D eigenvalue weighted by atomic mass is 16.5. The van der Waals surface area contributed by atoms with E-state index >= 15 is 0 Å². The lowest BCUT2D eigenvalue weighted by atomic mass is 9.97. The van der Waals surface area contributed by atoms with Gasteiger partial charge in [-0.1, -0.05) is 17.7 Å². The van der Waals surface area contributed by atoms with Crippen LogP contribution in [0.4, 0.5) is 5.69 Å². The van der Waals surface area contributed by atoms with Crippen molar-refractivity contribution in [3.63, 3.8) is 0 Å². The normalized spacial score (nSPS) is 16.8. The second-order valence-electron chi connectivity index (χ2n) is 6.73. The number of hydrogen-bond donors (Lipinski definition) is 1. The molecule has 0 bridgehead atoms. The van der Waals surface area contributed by atoms with Crippen molar-refractivity contribution in [3.05, 3.63) is 54.1 Å². The van der Waals surface area contributed by atoms with Gasteiger partial charge in [0.15, 0.2) is 0 Å². The molecule has 1 N–H and O–H groups in total. The fourth-order valence-corrected chi connectivity index (χ4v) is 3.07. The van der Waals surface area contributed by atoms with Gasteiger partial charge in [0.1, 0.15) is 11.5 Å². The van der Waals surface area contributed by atoms with E-state index < -0.39 is 0 Å². The summed E-state index contributed by atoms with van der Waals surface area (Å²) >= 11 is 0. The smallest absolute Gasteiger partial charge is 0.229 e. The maximum atomic E-state index is 12.5. The predicted octanol–water partition coefficient (Wildman–Crippen LogP) is 3.98. The van der Waals surface area contributed by atoms with Gasteiger partial charge in [-0.25, -0.2) is 0 Å².